The van der Waals surface area contributed by atoms with Crippen molar-refractivity contribution >= 4 is 6.41 Å². The summed E-state index contributed by atoms with van der Waals surface area (Å²) in [6.07, 6.45) is 4.23. The second-order valence-electron chi connectivity index (χ2n) is 4.56. The predicted molar refractivity (Wildman–Crippen MR) is 75.3 cm³/mol. The van der Waals surface area contributed by atoms with Gasteiger partial charge >= 0.3 is 0 Å². The number of carbonyl (C=O) groups is 1. The Morgan fingerprint density at radius 1 is 1.18 bits per heavy atom. The molecule has 1 saturated heterocycles. The van der Waals surface area contributed by atoms with Crippen LogP contribution >= 0.6 is 0 Å². The lowest BCUT2D eigenvalue weighted by Gasteiger charge is -2.13. The third kappa shape index (κ3) is 15.4. The maximum Gasteiger partial charge on any atom is 0.207 e. The van der Waals surface area contributed by atoms with Gasteiger partial charge in [-0.25, -0.2) is 0 Å². The van der Waals surface area contributed by atoms with E-state index in [2.05, 4.69) is 17.3 Å². The fourth-order valence-corrected chi connectivity index (χ4v) is 1.50. The number of rotatable bonds is 2. The van der Waals surface area contributed by atoms with Crippen molar-refractivity contribution < 1.29 is 4.79 Å². The fraction of sp³-hybridized carbons (Fsp3) is 0.923. The van der Waals surface area contributed by atoms with Crippen molar-refractivity contribution in [2.24, 2.45) is 0 Å². The summed E-state index contributed by atoms with van der Waals surface area (Å²) in [5.74, 6) is 0. The Morgan fingerprint density at radius 2 is 1.71 bits per heavy atom. The van der Waals surface area contributed by atoms with E-state index in [9.17, 15) is 4.79 Å². The lowest BCUT2D eigenvalue weighted by molar-refractivity contribution is -0.110. The molecule has 0 bridgehead atoms. The molecule has 0 aromatic rings. The lowest BCUT2D eigenvalue weighted by Crippen LogP contribution is -2.28. The van der Waals surface area contributed by atoms with Crippen LogP contribution in [0, 0.1) is 0 Å². The van der Waals surface area contributed by atoms with Crippen molar-refractivity contribution in [3.05, 3.63) is 0 Å². The second-order valence-corrected chi connectivity index (χ2v) is 4.56. The van der Waals surface area contributed by atoms with Gasteiger partial charge in [0.15, 0.2) is 0 Å². The number of nitrogens with zero attached hydrogens (tertiary/aromatic N) is 2. The van der Waals surface area contributed by atoms with Crippen molar-refractivity contribution in [1.29, 1.82) is 0 Å². The average molecular weight is 245 g/mol. The lowest BCUT2D eigenvalue weighted by atomic mass is 10.1. The first-order valence-electron chi connectivity index (χ1n) is 6.55. The van der Waals surface area contributed by atoms with Crippen LogP contribution in [0.5, 0.6) is 0 Å². The molecule has 4 heteroatoms. The molecule has 17 heavy (non-hydrogen) atoms. The molecule has 1 fully saturated rings. The minimum atomic E-state index is 0.414. The predicted octanol–water partition coefficient (Wildman–Crippen LogP) is 1.42. The van der Waals surface area contributed by atoms with Gasteiger partial charge in [-0.1, -0.05) is 13.8 Å². The molecule has 1 rings (SSSR count). The van der Waals surface area contributed by atoms with Gasteiger partial charge in [-0.2, -0.15) is 0 Å². The van der Waals surface area contributed by atoms with Gasteiger partial charge in [-0.3, -0.25) is 4.79 Å². The molecule has 0 radical (unpaired) electrons. The largest absolute Gasteiger partial charge is 0.356 e. The molecule has 4 nitrogen and oxygen atoms in total. The van der Waals surface area contributed by atoms with Crippen LogP contribution in [0.2, 0.25) is 0 Å². The molecule has 0 spiro atoms. The van der Waals surface area contributed by atoms with E-state index in [0.717, 1.165) is 32.3 Å². The quantitative estimate of drug-likeness (QED) is 0.747. The number of amides is 1. The van der Waals surface area contributed by atoms with Crippen molar-refractivity contribution in [2.75, 3.05) is 41.3 Å². The van der Waals surface area contributed by atoms with Gasteiger partial charge in [0.05, 0.1) is 0 Å². The molecule has 0 saturated carbocycles. The summed E-state index contributed by atoms with van der Waals surface area (Å²) in [7, 11) is 8.13. The minimum absolute atomic E-state index is 0.414. The van der Waals surface area contributed by atoms with E-state index in [0.29, 0.717) is 6.04 Å². The molecule has 1 atom stereocenters. The highest BCUT2D eigenvalue weighted by Gasteiger charge is 2.12. The smallest absolute Gasteiger partial charge is 0.207 e. The van der Waals surface area contributed by atoms with Crippen LogP contribution in [0.3, 0.4) is 0 Å². The summed E-state index contributed by atoms with van der Waals surface area (Å²) < 4.78 is 0. The molecule has 1 N–H and O–H groups in total. The van der Waals surface area contributed by atoms with E-state index in [1.54, 1.807) is 0 Å². The van der Waals surface area contributed by atoms with Gasteiger partial charge in [0.1, 0.15) is 0 Å². The van der Waals surface area contributed by atoms with E-state index >= 15 is 0 Å². The Balaban J connectivity index is 0. The second kappa shape index (κ2) is 13.5. The van der Waals surface area contributed by atoms with Gasteiger partial charge < -0.3 is 15.1 Å². The van der Waals surface area contributed by atoms with Crippen LogP contribution in [0.4, 0.5) is 0 Å². The van der Waals surface area contributed by atoms with Gasteiger partial charge in [0.2, 0.25) is 6.41 Å². The SMILES string of the molecule is CC.CN(C)C.CN1CCCC(NC=O)CC1. The first-order valence-corrected chi connectivity index (χ1v) is 6.55. The summed E-state index contributed by atoms with van der Waals surface area (Å²) in [6, 6.07) is 0.414. The van der Waals surface area contributed by atoms with Gasteiger partial charge in [-0.15, -0.1) is 0 Å². The Bertz CT molecular complexity index is 160. The van der Waals surface area contributed by atoms with E-state index in [1.807, 2.05) is 39.9 Å². The standard InChI is InChI=1S/C8H16N2O.C3H9N.C2H6/c1-10-5-2-3-8(4-6-10)9-7-11;1-4(2)3;1-2/h7-8H,2-6H2,1H3,(H,9,11);1-3H3;1-2H3. The van der Waals surface area contributed by atoms with Crippen molar-refractivity contribution in [3.8, 4) is 0 Å². The Morgan fingerprint density at radius 3 is 2.18 bits per heavy atom. The molecule has 1 aliphatic rings. The summed E-state index contributed by atoms with van der Waals surface area (Å²) in [5, 5.41) is 2.84. The highest BCUT2D eigenvalue weighted by atomic mass is 16.1. The van der Waals surface area contributed by atoms with E-state index in [4.69, 9.17) is 0 Å². The molecule has 1 heterocycles. The fourth-order valence-electron chi connectivity index (χ4n) is 1.50. The van der Waals surface area contributed by atoms with Crippen LogP contribution in [-0.2, 0) is 4.79 Å². The zero-order chi connectivity index (χ0) is 13.7. The third-order valence-corrected chi connectivity index (χ3v) is 2.26. The van der Waals surface area contributed by atoms with E-state index in [1.165, 1.54) is 6.42 Å². The highest BCUT2D eigenvalue weighted by molar-refractivity contribution is 5.46. The highest BCUT2D eigenvalue weighted by Crippen LogP contribution is 2.08. The summed E-state index contributed by atoms with van der Waals surface area (Å²) in [6.45, 7) is 6.27. The molecule has 1 aliphatic heterocycles. The molecular weight excluding hydrogens is 214 g/mol. The summed E-state index contributed by atoms with van der Waals surface area (Å²) >= 11 is 0. The molecule has 0 aromatic heterocycles. The Labute approximate surface area is 107 Å². The normalized spacial score (nSPS) is 20.3. The molecule has 1 unspecified atom stereocenters. The summed E-state index contributed by atoms with van der Waals surface area (Å²) in [4.78, 5) is 14.5. The number of hydrogen-bond donors (Lipinski definition) is 1. The zero-order valence-corrected chi connectivity index (χ0v) is 12.5. The zero-order valence-electron chi connectivity index (χ0n) is 12.5. The maximum absolute atomic E-state index is 10.1. The van der Waals surface area contributed by atoms with Gasteiger partial charge in [0, 0.05) is 6.04 Å². The van der Waals surface area contributed by atoms with E-state index < -0.39 is 0 Å². The number of nitrogens with one attached hydrogen (secondary N) is 1. The van der Waals surface area contributed by atoms with E-state index in [-0.39, 0.29) is 0 Å². The van der Waals surface area contributed by atoms with Gasteiger partial charge in [-0.05, 0) is 60.5 Å². The Hall–Kier alpha value is -0.610. The monoisotopic (exact) mass is 245 g/mol. The first-order chi connectivity index (χ1) is 8.06. The van der Waals surface area contributed by atoms with Crippen molar-refractivity contribution in [2.45, 2.75) is 39.2 Å². The van der Waals surface area contributed by atoms with Crippen LogP contribution < -0.4 is 5.32 Å². The van der Waals surface area contributed by atoms with Crippen LogP contribution in [0.15, 0.2) is 0 Å². The van der Waals surface area contributed by atoms with Crippen molar-refractivity contribution in [1.82, 2.24) is 15.1 Å². The average Bonchev–Trinajstić information content (AvgIpc) is 2.47. The molecular formula is C13H31N3O. The van der Waals surface area contributed by atoms with Crippen molar-refractivity contribution in [3.63, 3.8) is 0 Å². The number of hydrogen-bond acceptors (Lipinski definition) is 3. The molecule has 1 amide bonds. The Kier molecular flexibility index (Phi) is 14.8. The number of carbonyl (C=O) groups excluding carboxylic acids is 1. The molecule has 104 valence electrons. The number of likely N-dealkylation sites (tertiary alicyclic amines) is 1. The van der Waals surface area contributed by atoms with Gasteiger partial charge in [0.25, 0.3) is 0 Å². The van der Waals surface area contributed by atoms with Crippen LogP contribution in [-0.4, -0.2) is 63.5 Å². The topological polar surface area (TPSA) is 35.6 Å². The third-order valence-electron chi connectivity index (χ3n) is 2.26. The summed E-state index contributed by atoms with van der Waals surface area (Å²) in [5.41, 5.74) is 0. The maximum atomic E-state index is 10.1. The van der Waals surface area contributed by atoms with Crippen LogP contribution in [0.25, 0.3) is 0 Å². The van der Waals surface area contributed by atoms with Crippen LogP contribution in [0.1, 0.15) is 33.1 Å². The first kappa shape index (κ1) is 18.7. The minimum Gasteiger partial charge on any atom is -0.356 e. The molecule has 0 aromatic carbocycles. The molecule has 0 aliphatic carbocycles.